The van der Waals surface area contributed by atoms with Gasteiger partial charge in [0.1, 0.15) is 17.3 Å². The van der Waals surface area contributed by atoms with Crippen molar-refractivity contribution in [3.63, 3.8) is 0 Å². The molecular weight excluding hydrogens is 350 g/mol. The Labute approximate surface area is 165 Å². The number of phenols is 1. The van der Waals surface area contributed by atoms with E-state index in [0.29, 0.717) is 23.6 Å². The van der Waals surface area contributed by atoms with Crippen LogP contribution in [0.4, 0.5) is 5.82 Å². The zero-order valence-electron chi connectivity index (χ0n) is 15.7. The second-order valence-corrected chi connectivity index (χ2v) is 7.56. The number of terminal acetylenes is 1. The first-order valence-corrected chi connectivity index (χ1v) is 9.71. The summed E-state index contributed by atoms with van der Waals surface area (Å²) >= 11 is 0. The summed E-state index contributed by atoms with van der Waals surface area (Å²) in [5, 5.41) is 31.7. The zero-order chi connectivity index (χ0) is 19.5. The lowest BCUT2D eigenvalue weighted by Crippen LogP contribution is -2.42. The Morgan fingerprint density at radius 1 is 1.25 bits per heavy atom. The number of likely N-dealkylation sites (tertiary alicyclic amines) is 1. The summed E-state index contributed by atoms with van der Waals surface area (Å²) in [4.78, 5) is 2.16. The number of rotatable bonds is 5. The summed E-state index contributed by atoms with van der Waals surface area (Å²) in [5.41, 5.74) is 3.15. The van der Waals surface area contributed by atoms with E-state index in [1.165, 1.54) is 0 Å². The molecule has 4 rings (SSSR count). The van der Waals surface area contributed by atoms with Gasteiger partial charge in [-0.3, -0.25) is 4.90 Å². The molecule has 2 fully saturated rings. The normalized spacial score (nSPS) is 19.6. The Morgan fingerprint density at radius 2 is 2.11 bits per heavy atom. The van der Waals surface area contributed by atoms with Crippen molar-refractivity contribution < 1.29 is 5.11 Å². The number of piperidine rings is 1. The van der Waals surface area contributed by atoms with Crippen LogP contribution in [0.3, 0.4) is 0 Å². The maximum atomic E-state index is 10.4. The molecule has 0 amide bonds. The minimum atomic E-state index is 0.131. The highest BCUT2D eigenvalue weighted by Crippen LogP contribution is 2.45. The second kappa shape index (κ2) is 7.88. The molecule has 1 saturated carbocycles. The Hall–Kier alpha value is -3.09. The molecule has 1 aromatic heterocycles. The van der Waals surface area contributed by atoms with Gasteiger partial charge in [-0.15, -0.1) is 16.6 Å². The monoisotopic (exact) mass is 373 g/mol. The molecular formula is C22H23N5O. The molecule has 1 aromatic carbocycles. The van der Waals surface area contributed by atoms with E-state index in [0.717, 1.165) is 55.8 Å². The van der Waals surface area contributed by atoms with E-state index in [2.05, 4.69) is 38.5 Å². The molecule has 2 N–H and O–H groups in total. The lowest BCUT2D eigenvalue weighted by Gasteiger charge is -2.31. The summed E-state index contributed by atoms with van der Waals surface area (Å²) < 4.78 is 0. The lowest BCUT2D eigenvalue weighted by molar-refractivity contribution is 0.239. The van der Waals surface area contributed by atoms with Gasteiger partial charge < -0.3 is 10.4 Å². The number of phenolic OH excluding ortho intramolecular Hbond substituents is 1. The predicted octanol–water partition coefficient (Wildman–Crippen LogP) is 3.11. The molecule has 1 saturated heterocycles. The Morgan fingerprint density at radius 3 is 2.82 bits per heavy atom. The number of aromatic nitrogens is 2. The van der Waals surface area contributed by atoms with Crippen molar-refractivity contribution in [2.45, 2.75) is 37.6 Å². The number of benzene rings is 1. The number of nitrogens with zero attached hydrogens (tertiary/aromatic N) is 4. The van der Waals surface area contributed by atoms with Crippen molar-refractivity contribution in [3.05, 3.63) is 35.4 Å². The maximum absolute atomic E-state index is 10.4. The van der Waals surface area contributed by atoms with Gasteiger partial charge in [0.05, 0.1) is 12.6 Å². The Bertz CT molecular complexity index is 954. The molecule has 6 heteroatoms. The first-order valence-electron chi connectivity index (χ1n) is 9.71. The van der Waals surface area contributed by atoms with Crippen LogP contribution in [-0.2, 0) is 0 Å². The molecule has 1 aliphatic carbocycles. The van der Waals surface area contributed by atoms with Gasteiger partial charge in [-0.05, 0) is 68.0 Å². The van der Waals surface area contributed by atoms with E-state index in [1.54, 1.807) is 6.07 Å². The first kappa shape index (κ1) is 18.3. The van der Waals surface area contributed by atoms with Crippen LogP contribution in [0.2, 0.25) is 0 Å². The van der Waals surface area contributed by atoms with Crippen LogP contribution in [0.15, 0.2) is 24.3 Å². The third-order valence-corrected chi connectivity index (χ3v) is 5.41. The van der Waals surface area contributed by atoms with E-state index >= 15 is 0 Å². The Balaban J connectivity index is 1.58. The average Bonchev–Trinajstić information content (AvgIpc) is 3.54. The van der Waals surface area contributed by atoms with Crippen LogP contribution in [-0.4, -0.2) is 45.9 Å². The standard InChI is InChI=1S/C22H23N5O/c1-2-15-5-8-18(20(28)12-15)22-19(16-6-7-16)13-21(25-26-22)24-17-4-3-10-27(14-17)11-9-23/h1,5,8,12-13,16-17,28H,3-4,6-7,10-11,14H2,(H,24,25). The minimum absolute atomic E-state index is 0.131. The van der Waals surface area contributed by atoms with Crippen LogP contribution in [0, 0.1) is 23.7 Å². The number of hydrogen-bond donors (Lipinski definition) is 2. The number of aromatic hydroxyl groups is 1. The number of anilines is 1. The fourth-order valence-corrected chi connectivity index (χ4v) is 3.84. The Kier molecular flexibility index (Phi) is 5.14. The fraction of sp³-hybridized carbons (Fsp3) is 0.409. The van der Waals surface area contributed by atoms with Crippen molar-refractivity contribution >= 4 is 5.82 Å². The number of nitrogens with one attached hydrogen (secondary N) is 1. The second-order valence-electron chi connectivity index (χ2n) is 7.56. The van der Waals surface area contributed by atoms with Crippen molar-refractivity contribution in [3.8, 4) is 35.4 Å². The summed E-state index contributed by atoms with van der Waals surface area (Å²) in [6.45, 7) is 2.27. The molecule has 1 aliphatic heterocycles. The number of nitriles is 1. The molecule has 142 valence electrons. The molecule has 1 unspecified atom stereocenters. The average molecular weight is 373 g/mol. The zero-order valence-corrected chi connectivity index (χ0v) is 15.7. The fourth-order valence-electron chi connectivity index (χ4n) is 3.84. The third kappa shape index (κ3) is 3.93. The SMILES string of the molecule is C#Cc1ccc(-c2nnc(NC3CCCN(CC#N)C3)cc2C2CC2)c(O)c1. The maximum Gasteiger partial charge on any atom is 0.149 e. The summed E-state index contributed by atoms with van der Waals surface area (Å²) in [7, 11) is 0. The largest absolute Gasteiger partial charge is 0.507 e. The topological polar surface area (TPSA) is 85.1 Å². The van der Waals surface area contributed by atoms with Crippen molar-refractivity contribution in [2.24, 2.45) is 0 Å². The quantitative estimate of drug-likeness (QED) is 0.619. The van der Waals surface area contributed by atoms with Gasteiger partial charge in [0, 0.05) is 23.7 Å². The minimum Gasteiger partial charge on any atom is -0.507 e. The molecule has 0 radical (unpaired) electrons. The molecule has 28 heavy (non-hydrogen) atoms. The van der Waals surface area contributed by atoms with E-state index in [9.17, 15) is 5.11 Å². The van der Waals surface area contributed by atoms with Gasteiger partial charge >= 0.3 is 0 Å². The molecule has 2 aromatic rings. The summed E-state index contributed by atoms with van der Waals surface area (Å²) in [5.74, 6) is 3.88. The van der Waals surface area contributed by atoms with E-state index < -0.39 is 0 Å². The van der Waals surface area contributed by atoms with Crippen molar-refractivity contribution in [1.82, 2.24) is 15.1 Å². The van der Waals surface area contributed by atoms with Crippen LogP contribution < -0.4 is 5.32 Å². The van der Waals surface area contributed by atoms with E-state index in [1.807, 2.05) is 12.1 Å². The van der Waals surface area contributed by atoms with Crippen molar-refractivity contribution in [1.29, 1.82) is 5.26 Å². The predicted molar refractivity (Wildman–Crippen MR) is 108 cm³/mol. The van der Waals surface area contributed by atoms with Crippen molar-refractivity contribution in [2.75, 3.05) is 25.0 Å². The highest BCUT2D eigenvalue weighted by molar-refractivity contribution is 5.72. The molecule has 6 nitrogen and oxygen atoms in total. The summed E-state index contributed by atoms with van der Waals surface area (Å²) in [6, 6.07) is 9.77. The third-order valence-electron chi connectivity index (χ3n) is 5.41. The van der Waals surface area contributed by atoms with Gasteiger partial charge in [-0.25, -0.2) is 0 Å². The van der Waals surface area contributed by atoms with Crippen LogP contribution in [0.25, 0.3) is 11.3 Å². The van der Waals surface area contributed by atoms with Gasteiger partial charge in [0.2, 0.25) is 0 Å². The lowest BCUT2D eigenvalue weighted by atomic mass is 10.0. The summed E-state index contributed by atoms with van der Waals surface area (Å²) in [6.07, 6.45) is 9.79. The van der Waals surface area contributed by atoms with Crippen LogP contribution >= 0.6 is 0 Å². The highest BCUT2D eigenvalue weighted by Gasteiger charge is 2.29. The van der Waals surface area contributed by atoms with Crippen LogP contribution in [0.5, 0.6) is 5.75 Å². The molecule has 1 atom stereocenters. The smallest absolute Gasteiger partial charge is 0.149 e. The molecule has 0 spiro atoms. The van der Waals surface area contributed by atoms with E-state index in [-0.39, 0.29) is 11.8 Å². The van der Waals surface area contributed by atoms with Gasteiger partial charge in [0.15, 0.2) is 0 Å². The van der Waals surface area contributed by atoms with E-state index in [4.69, 9.17) is 11.7 Å². The molecule has 0 bridgehead atoms. The molecule has 2 aliphatic rings. The van der Waals surface area contributed by atoms with Gasteiger partial charge in [-0.1, -0.05) is 5.92 Å². The molecule has 2 heterocycles. The highest BCUT2D eigenvalue weighted by atomic mass is 16.3. The van der Waals surface area contributed by atoms with Gasteiger partial charge in [-0.2, -0.15) is 5.26 Å². The van der Waals surface area contributed by atoms with Crippen LogP contribution in [0.1, 0.15) is 42.7 Å². The number of hydrogen-bond acceptors (Lipinski definition) is 6. The first-order chi connectivity index (χ1) is 13.7. The van der Waals surface area contributed by atoms with Gasteiger partial charge in [0.25, 0.3) is 0 Å².